The fourth-order valence-electron chi connectivity index (χ4n) is 1.92. The van der Waals surface area contributed by atoms with Crippen LogP contribution < -0.4 is 11.3 Å². The van der Waals surface area contributed by atoms with Gasteiger partial charge in [-0.05, 0) is 24.1 Å². The molecule has 4 nitrogen and oxygen atoms in total. The number of nitrogens with zero attached hydrogens (tertiary/aromatic N) is 1. The summed E-state index contributed by atoms with van der Waals surface area (Å²) in [5.41, 5.74) is 7.71. The van der Waals surface area contributed by atoms with Gasteiger partial charge in [-0.2, -0.15) is 0 Å². The van der Waals surface area contributed by atoms with Crippen LogP contribution in [0.1, 0.15) is 24.6 Å². The molecule has 0 aliphatic rings. The maximum absolute atomic E-state index is 11.9. The second-order valence-electron chi connectivity index (χ2n) is 4.28. The summed E-state index contributed by atoms with van der Waals surface area (Å²) < 4.78 is 1.52. The molecule has 0 atom stereocenters. The van der Waals surface area contributed by atoms with Crippen LogP contribution in [0, 0.1) is 0 Å². The zero-order valence-corrected chi connectivity index (χ0v) is 11.0. The molecule has 0 unspecified atom stereocenters. The molecule has 3 N–H and O–H groups in total. The number of hydrogen-bond acceptors (Lipinski definition) is 2. The van der Waals surface area contributed by atoms with Crippen LogP contribution in [0.4, 0.5) is 5.69 Å². The molecule has 5 heteroatoms. The molecule has 1 aromatic carbocycles. The predicted molar refractivity (Wildman–Crippen MR) is 74.0 cm³/mol. The van der Waals surface area contributed by atoms with Crippen molar-refractivity contribution in [2.24, 2.45) is 0 Å². The fourth-order valence-corrected chi connectivity index (χ4v) is 2.13. The van der Waals surface area contributed by atoms with Crippen LogP contribution in [0.25, 0.3) is 0 Å². The predicted octanol–water partition coefficient (Wildman–Crippen LogP) is 2.41. The summed E-state index contributed by atoms with van der Waals surface area (Å²) in [4.78, 5) is 11.9. The standard InChI is InChI=1S/C13H16ClN3O/c1-2-4-11-12(15)13(18)17(16-11)8-9-5-3-6-10(14)7-9/h3,5-7,16H,2,4,8,15H2,1H3. The van der Waals surface area contributed by atoms with Gasteiger partial charge in [0.25, 0.3) is 5.56 Å². The first-order chi connectivity index (χ1) is 8.61. The fraction of sp³-hybridized carbons (Fsp3) is 0.308. The van der Waals surface area contributed by atoms with Crippen LogP contribution in [-0.2, 0) is 13.0 Å². The van der Waals surface area contributed by atoms with Crippen molar-refractivity contribution in [2.75, 3.05) is 5.73 Å². The molecule has 0 fully saturated rings. The van der Waals surface area contributed by atoms with E-state index in [0.29, 0.717) is 17.3 Å². The van der Waals surface area contributed by atoms with E-state index in [1.165, 1.54) is 4.68 Å². The summed E-state index contributed by atoms with van der Waals surface area (Å²) in [7, 11) is 0. The van der Waals surface area contributed by atoms with Crippen LogP contribution in [0.5, 0.6) is 0 Å². The van der Waals surface area contributed by atoms with E-state index in [-0.39, 0.29) is 5.56 Å². The molecule has 2 rings (SSSR count). The van der Waals surface area contributed by atoms with E-state index in [4.69, 9.17) is 17.3 Å². The van der Waals surface area contributed by atoms with Crippen molar-refractivity contribution >= 4 is 17.3 Å². The average Bonchev–Trinajstić information content (AvgIpc) is 2.59. The Morgan fingerprint density at radius 3 is 2.89 bits per heavy atom. The molecule has 0 bridgehead atoms. The highest BCUT2D eigenvalue weighted by molar-refractivity contribution is 6.30. The molecule has 2 aromatic rings. The van der Waals surface area contributed by atoms with Gasteiger partial charge in [0, 0.05) is 5.02 Å². The number of nitrogens with one attached hydrogen (secondary N) is 1. The first-order valence-corrected chi connectivity index (χ1v) is 6.31. The van der Waals surface area contributed by atoms with Gasteiger partial charge in [0.2, 0.25) is 0 Å². The Morgan fingerprint density at radius 2 is 2.22 bits per heavy atom. The smallest absolute Gasteiger partial charge is 0.290 e. The number of hydrogen-bond donors (Lipinski definition) is 2. The number of rotatable bonds is 4. The van der Waals surface area contributed by atoms with E-state index in [1.807, 2.05) is 25.1 Å². The molecular weight excluding hydrogens is 250 g/mol. The number of benzene rings is 1. The second-order valence-corrected chi connectivity index (χ2v) is 4.71. The minimum atomic E-state index is -0.168. The summed E-state index contributed by atoms with van der Waals surface area (Å²) in [5, 5.41) is 3.72. The lowest BCUT2D eigenvalue weighted by Gasteiger charge is -2.02. The summed E-state index contributed by atoms with van der Waals surface area (Å²) in [6.07, 6.45) is 1.73. The third kappa shape index (κ3) is 2.59. The van der Waals surface area contributed by atoms with E-state index >= 15 is 0 Å². The van der Waals surface area contributed by atoms with Crippen molar-refractivity contribution in [3.63, 3.8) is 0 Å². The van der Waals surface area contributed by atoms with Gasteiger partial charge in [-0.3, -0.25) is 9.89 Å². The van der Waals surface area contributed by atoms with Gasteiger partial charge in [-0.1, -0.05) is 37.1 Å². The highest BCUT2D eigenvalue weighted by Gasteiger charge is 2.10. The van der Waals surface area contributed by atoms with Gasteiger partial charge in [0.05, 0.1) is 12.2 Å². The average molecular weight is 266 g/mol. The Balaban J connectivity index is 2.29. The lowest BCUT2D eigenvalue weighted by Crippen LogP contribution is -2.19. The van der Waals surface area contributed by atoms with E-state index in [2.05, 4.69) is 5.10 Å². The molecule has 0 aliphatic carbocycles. The highest BCUT2D eigenvalue weighted by atomic mass is 35.5. The summed E-state index contributed by atoms with van der Waals surface area (Å²) in [5.74, 6) is 0. The maximum atomic E-state index is 11.9. The Bertz CT molecular complexity index is 601. The zero-order valence-electron chi connectivity index (χ0n) is 10.2. The van der Waals surface area contributed by atoms with Gasteiger partial charge in [-0.15, -0.1) is 0 Å². The van der Waals surface area contributed by atoms with Crippen LogP contribution >= 0.6 is 11.6 Å². The topological polar surface area (TPSA) is 63.8 Å². The monoisotopic (exact) mass is 265 g/mol. The molecule has 0 saturated carbocycles. The number of anilines is 1. The van der Waals surface area contributed by atoms with Gasteiger partial charge < -0.3 is 5.73 Å². The van der Waals surface area contributed by atoms with Crippen molar-refractivity contribution in [2.45, 2.75) is 26.3 Å². The number of H-pyrrole nitrogens is 1. The van der Waals surface area contributed by atoms with E-state index in [9.17, 15) is 4.79 Å². The SMILES string of the molecule is CCCc1[nH]n(Cc2cccc(Cl)c2)c(=O)c1N. The molecule has 0 spiro atoms. The minimum absolute atomic E-state index is 0.168. The highest BCUT2D eigenvalue weighted by Crippen LogP contribution is 2.12. The molecule has 0 aliphatic heterocycles. The van der Waals surface area contributed by atoms with Crippen molar-refractivity contribution < 1.29 is 0 Å². The molecule has 96 valence electrons. The third-order valence-electron chi connectivity index (χ3n) is 2.80. The van der Waals surface area contributed by atoms with Crippen LogP contribution in [0.3, 0.4) is 0 Å². The Morgan fingerprint density at radius 1 is 1.44 bits per heavy atom. The zero-order chi connectivity index (χ0) is 13.1. The maximum Gasteiger partial charge on any atom is 0.290 e. The molecule has 0 amide bonds. The normalized spacial score (nSPS) is 10.8. The number of aromatic nitrogens is 2. The third-order valence-corrected chi connectivity index (χ3v) is 3.04. The Labute approximate surface area is 110 Å². The van der Waals surface area contributed by atoms with E-state index in [1.54, 1.807) is 6.07 Å². The van der Waals surface area contributed by atoms with Crippen molar-refractivity contribution in [1.82, 2.24) is 9.78 Å². The lowest BCUT2D eigenvalue weighted by atomic mass is 10.2. The Hall–Kier alpha value is -1.68. The number of nitrogens with two attached hydrogens (primary N) is 1. The molecule has 1 aromatic heterocycles. The first-order valence-electron chi connectivity index (χ1n) is 5.93. The van der Waals surface area contributed by atoms with Crippen LogP contribution in [0.2, 0.25) is 5.02 Å². The van der Waals surface area contributed by atoms with Crippen molar-refractivity contribution in [1.29, 1.82) is 0 Å². The van der Waals surface area contributed by atoms with Crippen LogP contribution in [0.15, 0.2) is 29.1 Å². The summed E-state index contributed by atoms with van der Waals surface area (Å²) in [6.45, 7) is 2.50. The van der Waals surface area contributed by atoms with Crippen LogP contribution in [-0.4, -0.2) is 9.78 Å². The number of aromatic amines is 1. The quantitative estimate of drug-likeness (QED) is 0.892. The lowest BCUT2D eigenvalue weighted by molar-refractivity contribution is 0.648. The summed E-state index contributed by atoms with van der Waals surface area (Å²) >= 11 is 5.91. The van der Waals surface area contributed by atoms with Gasteiger partial charge in [0.1, 0.15) is 5.69 Å². The van der Waals surface area contributed by atoms with Gasteiger partial charge in [0.15, 0.2) is 0 Å². The molecule has 0 saturated heterocycles. The van der Waals surface area contributed by atoms with Gasteiger partial charge >= 0.3 is 0 Å². The van der Waals surface area contributed by atoms with E-state index < -0.39 is 0 Å². The summed E-state index contributed by atoms with van der Waals surface area (Å²) in [6, 6.07) is 7.43. The van der Waals surface area contributed by atoms with Crippen molar-refractivity contribution in [3.05, 3.63) is 50.9 Å². The Kier molecular flexibility index (Phi) is 3.77. The molecule has 1 heterocycles. The number of nitrogen functional groups attached to an aromatic ring is 1. The van der Waals surface area contributed by atoms with E-state index in [0.717, 1.165) is 24.1 Å². The largest absolute Gasteiger partial charge is 0.393 e. The van der Waals surface area contributed by atoms with Crippen molar-refractivity contribution in [3.8, 4) is 0 Å². The first kappa shape index (κ1) is 12.8. The van der Waals surface area contributed by atoms with Gasteiger partial charge in [-0.25, -0.2) is 4.68 Å². The number of halogens is 1. The molecule has 18 heavy (non-hydrogen) atoms. The number of aryl methyl sites for hydroxylation is 1. The molecule has 0 radical (unpaired) electrons. The minimum Gasteiger partial charge on any atom is -0.393 e. The molecular formula is C13H16ClN3O. The second kappa shape index (κ2) is 5.31.